The monoisotopic (exact) mass is 352 g/mol. The zero-order valence-electron chi connectivity index (χ0n) is 14.6. The van der Waals surface area contributed by atoms with Gasteiger partial charge in [0.15, 0.2) is 0 Å². The molecule has 8 heteroatoms. The number of hydrogen-bond donors (Lipinski definition) is 3. The Morgan fingerprint density at radius 2 is 1.96 bits per heavy atom. The number of thiol groups is 1. The van der Waals surface area contributed by atoms with Gasteiger partial charge in [-0.1, -0.05) is 0 Å². The van der Waals surface area contributed by atoms with Gasteiger partial charge in [-0.2, -0.15) is 0 Å². The number of carbonyl (C=O) groups excluding carboxylic acids is 1. The predicted molar refractivity (Wildman–Crippen MR) is 94.8 cm³/mol. The van der Waals surface area contributed by atoms with E-state index in [2.05, 4.69) is 33.1 Å². The molecule has 0 atom stereocenters. The number of nitrogens with zero attached hydrogens (tertiary/aromatic N) is 2. The molecule has 1 aromatic heterocycles. The van der Waals surface area contributed by atoms with E-state index in [1.807, 2.05) is 26.0 Å². The summed E-state index contributed by atoms with van der Waals surface area (Å²) in [5, 5.41) is 9.21. The molecule has 24 heavy (non-hydrogen) atoms. The summed E-state index contributed by atoms with van der Waals surface area (Å²) in [7, 11) is 3.46. The molecule has 1 heterocycles. The molecule has 1 aromatic carbocycles. The molecule has 2 aromatic rings. The predicted octanol–water partition coefficient (Wildman–Crippen LogP) is 2.30. The van der Waals surface area contributed by atoms with Crippen LogP contribution in [0.3, 0.4) is 0 Å². The summed E-state index contributed by atoms with van der Waals surface area (Å²) in [5.41, 5.74) is 2.32. The summed E-state index contributed by atoms with van der Waals surface area (Å²) in [5.74, 6) is 1.09. The van der Waals surface area contributed by atoms with Crippen LogP contribution in [0.5, 0.6) is 5.75 Å². The van der Waals surface area contributed by atoms with Crippen LogP contribution in [-0.4, -0.2) is 41.9 Å². The van der Waals surface area contributed by atoms with E-state index in [0.717, 1.165) is 21.8 Å². The normalized spacial score (nSPS) is 9.92. The highest BCUT2D eigenvalue weighted by molar-refractivity contribution is 7.80. The smallest absolute Gasteiger partial charge is 0.378 e. The highest BCUT2D eigenvalue weighted by Crippen LogP contribution is 2.23. The summed E-state index contributed by atoms with van der Waals surface area (Å²) in [6, 6.07) is 3.96. The second kappa shape index (κ2) is 9.94. The van der Waals surface area contributed by atoms with Crippen molar-refractivity contribution in [1.82, 2.24) is 20.5 Å². The zero-order valence-corrected chi connectivity index (χ0v) is 15.5. The second-order valence-corrected chi connectivity index (χ2v) is 5.41. The van der Waals surface area contributed by atoms with Crippen LogP contribution < -0.4 is 10.1 Å². The van der Waals surface area contributed by atoms with Crippen LogP contribution >= 0.6 is 12.6 Å². The second-order valence-electron chi connectivity index (χ2n) is 4.97. The summed E-state index contributed by atoms with van der Waals surface area (Å²) >= 11 is 4.34. The van der Waals surface area contributed by atoms with E-state index in [1.54, 1.807) is 21.1 Å². The van der Waals surface area contributed by atoms with Gasteiger partial charge in [0.25, 0.3) is 5.82 Å². The molecule has 0 radical (unpaired) electrons. The molecular weight excluding hydrogens is 328 g/mol. The Labute approximate surface area is 147 Å². The van der Waals surface area contributed by atoms with Crippen molar-refractivity contribution in [3.63, 3.8) is 0 Å². The SMILES string of the molecule is CCOC(=O)c1n[nH]c(CNC)n1.COc1cc(C)c(S)c(C)c1. The average Bonchev–Trinajstić information content (AvgIpc) is 3.02. The van der Waals surface area contributed by atoms with Crippen molar-refractivity contribution >= 4 is 18.6 Å². The van der Waals surface area contributed by atoms with Gasteiger partial charge in [0.2, 0.25) is 0 Å². The molecule has 0 bridgehead atoms. The van der Waals surface area contributed by atoms with E-state index in [4.69, 9.17) is 9.47 Å². The summed E-state index contributed by atoms with van der Waals surface area (Å²) in [4.78, 5) is 16.0. The lowest BCUT2D eigenvalue weighted by Crippen LogP contribution is -2.08. The minimum absolute atomic E-state index is 0.0760. The zero-order chi connectivity index (χ0) is 18.1. The van der Waals surface area contributed by atoms with E-state index in [-0.39, 0.29) is 5.82 Å². The molecule has 132 valence electrons. The molecule has 0 spiro atoms. The number of aromatic amines is 1. The van der Waals surface area contributed by atoms with Crippen molar-refractivity contribution in [1.29, 1.82) is 0 Å². The lowest BCUT2D eigenvalue weighted by Gasteiger charge is -2.06. The minimum Gasteiger partial charge on any atom is -0.497 e. The Balaban J connectivity index is 0.000000243. The number of aryl methyl sites for hydroxylation is 2. The number of ether oxygens (including phenoxy) is 2. The van der Waals surface area contributed by atoms with E-state index in [0.29, 0.717) is 19.0 Å². The Morgan fingerprint density at radius 3 is 2.46 bits per heavy atom. The molecule has 0 aliphatic rings. The van der Waals surface area contributed by atoms with Crippen molar-refractivity contribution < 1.29 is 14.3 Å². The van der Waals surface area contributed by atoms with Gasteiger partial charge >= 0.3 is 5.97 Å². The van der Waals surface area contributed by atoms with Crippen molar-refractivity contribution in [3.8, 4) is 5.75 Å². The van der Waals surface area contributed by atoms with Gasteiger partial charge in [0.1, 0.15) is 11.6 Å². The van der Waals surface area contributed by atoms with Gasteiger partial charge in [-0.15, -0.1) is 17.7 Å². The first-order chi connectivity index (χ1) is 11.4. The van der Waals surface area contributed by atoms with Gasteiger partial charge in [-0.25, -0.2) is 9.78 Å². The first-order valence-electron chi connectivity index (χ1n) is 7.50. The molecule has 0 fully saturated rings. The molecule has 0 unspecified atom stereocenters. The number of hydrogen-bond acceptors (Lipinski definition) is 7. The van der Waals surface area contributed by atoms with Gasteiger partial charge < -0.3 is 14.8 Å². The van der Waals surface area contributed by atoms with Crippen LogP contribution in [0, 0.1) is 13.8 Å². The van der Waals surface area contributed by atoms with Crippen LogP contribution in [0.1, 0.15) is 34.5 Å². The largest absolute Gasteiger partial charge is 0.497 e. The molecular formula is C16H24N4O3S. The molecule has 7 nitrogen and oxygen atoms in total. The van der Waals surface area contributed by atoms with Crippen molar-refractivity contribution in [3.05, 3.63) is 34.9 Å². The van der Waals surface area contributed by atoms with Crippen LogP contribution in [0.4, 0.5) is 0 Å². The Kier molecular flexibility index (Phi) is 8.28. The fourth-order valence-corrected chi connectivity index (χ4v) is 1.99. The lowest BCUT2D eigenvalue weighted by molar-refractivity contribution is 0.0512. The van der Waals surface area contributed by atoms with E-state index < -0.39 is 5.97 Å². The molecule has 0 saturated carbocycles. The van der Waals surface area contributed by atoms with E-state index in [1.165, 1.54) is 0 Å². The Hall–Kier alpha value is -2.06. The quantitative estimate of drug-likeness (QED) is 0.565. The lowest BCUT2D eigenvalue weighted by atomic mass is 10.1. The number of aromatic nitrogens is 3. The highest BCUT2D eigenvalue weighted by atomic mass is 32.1. The van der Waals surface area contributed by atoms with Gasteiger partial charge in [0.05, 0.1) is 20.3 Å². The van der Waals surface area contributed by atoms with E-state index in [9.17, 15) is 4.79 Å². The maximum absolute atomic E-state index is 11.1. The number of H-pyrrole nitrogens is 1. The number of carbonyl (C=O) groups is 1. The molecule has 0 aliphatic carbocycles. The number of benzene rings is 1. The van der Waals surface area contributed by atoms with Crippen LogP contribution in [0.25, 0.3) is 0 Å². The molecule has 0 amide bonds. The Bertz CT molecular complexity index is 650. The van der Waals surface area contributed by atoms with Gasteiger partial charge in [-0.3, -0.25) is 5.10 Å². The highest BCUT2D eigenvalue weighted by Gasteiger charge is 2.12. The first-order valence-corrected chi connectivity index (χ1v) is 7.94. The van der Waals surface area contributed by atoms with Crippen molar-refractivity contribution in [2.24, 2.45) is 0 Å². The molecule has 0 aliphatic heterocycles. The van der Waals surface area contributed by atoms with Crippen molar-refractivity contribution in [2.75, 3.05) is 20.8 Å². The van der Waals surface area contributed by atoms with Crippen molar-refractivity contribution in [2.45, 2.75) is 32.2 Å². The first kappa shape index (κ1) is 20.0. The fourth-order valence-electron chi connectivity index (χ4n) is 1.86. The van der Waals surface area contributed by atoms with Gasteiger partial charge in [-0.05, 0) is 51.1 Å². The molecule has 2 N–H and O–H groups in total. The summed E-state index contributed by atoms with van der Waals surface area (Å²) < 4.78 is 9.81. The number of methoxy groups -OCH3 is 1. The maximum Gasteiger partial charge on any atom is 0.378 e. The van der Waals surface area contributed by atoms with E-state index >= 15 is 0 Å². The standard InChI is InChI=1S/C9H12OS.C7H12N4O2/c1-6-4-8(10-3)5-7(2)9(6)11;1-3-13-7(12)6-9-5(4-8-2)10-11-6/h4-5,11H,1-3H3;8H,3-4H2,1-2H3,(H,9,10,11). The average molecular weight is 352 g/mol. The third-order valence-corrected chi connectivity index (χ3v) is 3.74. The van der Waals surface area contributed by atoms with Crippen LogP contribution in [-0.2, 0) is 11.3 Å². The maximum atomic E-state index is 11.1. The topological polar surface area (TPSA) is 89.1 Å². The number of rotatable bonds is 5. The van der Waals surface area contributed by atoms with Crippen LogP contribution in [0.2, 0.25) is 0 Å². The third-order valence-electron chi connectivity index (χ3n) is 3.03. The summed E-state index contributed by atoms with van der Waals surface area (Å²) in [6.45, 7) is 6.66. The minimum atomic E-state index is -0.499. The summed E-state index contributed by atoms with van der Waals surface area (Å²) in [6.07, 6.45) is 0. The van der Waals surface area contributed by atoms with Crippen LogP contribution in [0.15, 0.2) is 17.0 Å². The van der Waals surface area contributed by atoms with Gasteiger partial charge in [0, 0.05) is 4.90 Å². The number of nitrogens with one attached hydrogen (secondary N) is 2. The molecule has 2 rings (SSSR count). The third kappa shape index (κ3) is 5.86. The Morgan fingerprint density at radius 1 is 1.33 bits per heavy atom. The molecule has 0 saturated heterocycles. The number of esters is 1. The fraction of sp³-hybridized carbons (Fsp3) is 0.438.